The molecule has 0 fully saturated rings. The Morgan fingerprint density at radius 2 is 2.33 bits per heavy atom. The van der Waals surface area contributed by atoms with Gasteiger partial charge >= 0.3 is 0 Å². The van der Waals surface area contributed by atoms with E-state index in [0.717, 1.165) is 17.9 Å². The molecular formula is C9H13NOS. The first-order chi connectivity index (χ1) is 5.75. The minimum Gasteiger partial charge on any atom is -0.314 e. The lowest BCUT2D eigenvalue weighted by Crippen LogP contribution is -2.21. The molecule has 0 radical (unpaired) electrons. The van der Waals surface area contributed by atoms with Gasteiger partial charge in [0.05, 0.1) is 0 Å². The molecule has 0 atom stereocenters. The molecule has 0 aliphatic rings. The van der Waals surface area contributed by atoms with Gasteiger partial charge in [0.1, 0.15) is 0 Å². The highest BCUT2D eigenvalue weighted by Crippen LogP contribution is 1.94. The number of thioether (sulfide) groups is 1. The fourth-order valence-corrected chi connectivity index (χ4v) is 1.40. The van der Waals surface area contributed by atoms with Gasteiger partial charge < -0.3 is 4.57 Å². The van der Waals surface area contributed by atoms with Crippen LogP contribution in [0.4, 0.5) is 0 Å². The van der Waals surface area contributed by atoms with Crippen molar-refractivity contribution in [3.63, 3.8) is 0 Å². The number of rotatable bonds is 3. The summed E-state index contributed by atoms with van der Waals surface area (Å²) in [5, 5.41) is 0. The Hall–Kier alpha value is -0.700. The summed E-state index contributed by atoms with van der Waals surface area (Å²) in [5.41, 5.74) is 0.949. The summed E-state index contributed by atoms with van der Waals surface area (Å²) >= 11 is 1.75. The first-order valence-corrected chi connectivity index (χ1v) is 5.30. The molecule has 66 valence electrons. The van der Waals surface area contributed by atoms with Crippen molar-refractivity contribution in [2.45, 2.75) is 13.5 Å². The summed E-state index contributed by atoms with van der Waals surface area (Å²) in [7, 11) is 0. The maximum absolute atomic E-state index is 11.4. The highest BCUT2D eigenvalue weighted by atomic mass is 32.2. The third-order valence-corrected chi connectivity index (χ3v) is 2.34. The zero-order chi connectivity index (χ0) is 8.97. The second-order valence-electron chi connectivity index (χ2n) is 2.68. The van der Waals surface area contributed by atoms with Crippen LogP contribution in [0.15, 0.2) is 23.1 Å². The number of hydrogen-bond donors (Lipinski definition) is 0. The third-order valence-electron chi connectivity index (χ3n) is 1.75. The van der Waals surface area contributed by atoms with Crippen LogP contribution in [0, 0.1) is 6.92 Å². The Bertz CT molecular complexity index is 306. The Balaban J connectivity index is 2.85. The SMILES string of the molecule is CSCCn1cccc(C)c1=O. The van der Waals surface area contributed by atoms with E-state index in [1.807, 2.05) is 31.5 Å². The lowest BCUT2D eigenvalue weighted by Gasteiger charge is -2.03. The molecule has 1 rings (SSSR count). The van der Waals surface area contributed by atoms with Crippen molar-refractivity contribution in [3.8, 4) is 0 Å². The second-order valence-corrected chi connectivity index (χ2v) is 3.67. The quantitative estimate of drug-likeness (QED) is 0.708. The van der Waals surface area contributed by atoms with Gasteiger partial charge in [0, 0.05) is 24.1 Å². The molecule has 0 bridgehead atoms. The molecule has 1 aromatic heterocycles. The van der Waals surface area contributed by atoms with Crippen molar-refractivity contribution in [3.05, 3.63) is 34.2 Å². The summed E-state index contributed by atoms with van der Waals surface area (Å²) in [4.78, 5) is 11.4. The van der Waals surface area contributed by atoms with Crippen LogP contribution in [0.3, 0.4) is 0 Å². The number of aryl methyl sites for hydroxylation is 2. The van der Waals surface area contributed by atoms with Gasteiger partial charge in [-0.25, -0.2) is 0 Å². The van der Waals surface area contributed by atoms with Gasteiger partial charge in [-0.15, -0.1) is 0 Å². The number of pyridine rings is 1. The Morgan fingerprint density at radius 1 is 1.58 bits per heavy atom. The van der Waals surface area contributed by atoms with Crippen LogP contribution in [0.25, 0.3) is 0 Å². The molecule has 0 aromatic carbocycles. The van der Waals surface area contributed by atoms with Crippen LogP contribution in [-0.4, -0.2) is 16.6 Å². The summed E-state index contributed by atoms with van der Waals surface area (Å²) in [6.45, 7) is 2.65. The van der Waals surface area contributed by atoms with Crippen LogP contribution in [0.5, 0.6) is 0 Å². The summed E-state index contributed by atoms with van der Waals surface area (Å²) in [6.07, 6.45) is 3.88. The topological polar surface area (TPSA) is 22.0 Å². The molecule has 1 aromatic rings. The van der Waals surface area contributed by atoms with Gasteiger partial charge in [-0.2, -0.15) is 11.8 Å². The largest absolute Gasteiger partial charge is 0.314 e. The van der Waals surface area contributed by atoms with Gasteiger partial charge in [0.15, 0.2) is 0 Å². The van der Waals surface area contributed by atoms with E-state index < -0.39 is 0 Å². The highest BCUT2D eigenvalue weighted by Gasteiger charge is 1.96. The predicted octanol–water partition coefficient (Wildman–Crippen LogP) is 1.52. The minimum atomic E-state index is 0.131. The standard InChI is InChI=1S/C9H13NOS/c1-8-4-3-5-10(9(8)11)6-7-12-2/h3-5H,6-7H2,1-2H3. The van der Waals surface area contributed by atoms with E-state index in [4.69, 9.17) is 0 Å². The number of nitrogens with zero attached hydrogens (tertiary/aromatic N) is 1. The monoisotopic (exact) mass is 183 g/mol. The normalized spacial score (nSPS) is 10.2. The van der Waals surface area contributed by atoms with E-state index >= 15 is 0 Å². The van der Waals surface area contributed by atoms with Crippen molar-refractivity contribution < 1.29 is 0 Å². The molecule has 1 heterocycles. The smallest absolute Gasteiger partial charge is 0.253 e. The Morgan fingerprint density at radius 3 is 3.00 bits per heavy atom. The maximum Gasteiger partial charge on any atom is 0.253 e. The lowest BCUT2D eigenvalue weighted by atomic mass is 10.3. The van der Waals surface area contributed by atoms with Crippen LogP contribution < -0.4 is 5.56 Å². The van der Waals surface area contributed by atoms with Gasteiger partial charge in [-0.3, -0.25) is 4.79 Å². The van der Waals surface area contributed by atoms with Crippen molar-refractivity contribution in [2.24, 2.45) is 0 Å². The molecule has 0 spiro atoms. The maximum atomic E-state index is 11.4. The number of aromatic nitrogens is 1. The zero-order valence-corrected chi connectivity index (χ0v) is 8.23. The van der Waals surface area contributed by atoms with Gasteiger partial charge in [-0.05, 0) is 19.2 Å². The van der Waals surface area contributed by atoms with Gasteiger partial charge in [0.25, 0.3) is 5.56 Å². The average Bonchev–Trinajstić information content (AvgIpc) is 2.08. The highest BCUT2D eigenvalue weighted by molar-refractivity contribution is 7.98. The molecule has 0 aliphatic carbocycles. The third kappa shape index (κ3) is 2.14. The molecule has 0 amide bonds. The molecule has 0 unspecified atom stereocenters. The summed E-state index contributed by atoms with van der Waals surface area (Å²) in [5.74, 6) is 0.989. The molecule has 0 N–H and O–H groups in total. The van der Waals surface area contributed by atoms with Crippen molar-refractivity contribution in [2.75, 3.05) is 12.0 Å². The molecule has 2 nitrogen and oxygen atoms in total. The second kappa shape index (κ2) is 4.36. The zero-order valence-electron chi connectivity index (χ0n) is 7.41. The van der Waals surface area contributed by atoms with Gasteiger partial charge in [0.2, 0.25) is 0 Å². The van der Waals surface area contributed by atoms with E-state index in [2.05, 4.69) is 0 Å². The average molecular weight is 183 g/mol. The number of hydrogen-bond acceptors (Lipinski definition) is 2. The van der Waals surface area contributed by atoms with Crippen LogP contribution in [0.2, 0.25) is 0 Å². The van der Waals surface area contributed by atoms with E-state index in [1.54, 1.807) is 16.3 Å². The van der Waals surface area contributed by atoms with Crippen LogP contribution >= 0.6 is 11.8 Å². The van der Waals surface area contributed by atoms with E-state index in [0.29, 0.717) is 0 Å². The fourth-order valence-electron chi connectivity index (χ4n) is 1.02. The molecule has 0 aliphatic heterocycles. The first kappa shape index (κ1) is 9.39. The van der Waals surface area contributed by atoms with E-state index in [9.17, 15) is 4.79 Å². The van der Waals surface area contributed by atoms with Crippen LogP contribution in [0.1, 0.15) is 5.56 Å². The van der Waals surface area contributed by atoms with Crippen LogP contribution in [-0.2, 0) is 6.54 Å². The fraction of sp³-hybridized carbons (Fsp3) is 0.444. The van der Waals surface area contributed by atoms with Gasteiger partial charge in [-0.1, -0.05) is 6.07 Å². The van der Waals surface area contributed by atoms with Crippen molar-refractivity contribution >= 4 is 11.8 Å². The molecule has 0 saturated heterocycles. The van der Waals surface area contributed by atoms with E-state index in [-0.39, 0.29) is 5.56 Å². The summed E-state index contributed by atoms with van der Waals surface area (Å²) in [6, 6.07) is 3.76. The first-order valence-electron chi connectivity index (χ1n) is 3.90. The lowest BCUT2D eigenvalue weighted by molar-refractivity contribution is 0.729. The Labute approximate surface area is 76.6 Å². The molecular weight excluding hydrogens is 170 g/mol. The van der Waals surface area contributed by atoms with E-state index in [1.165, 1.54) is 0 Å². The molecule has 12 heavy (non-hydrogen) atoms. The minimum absolute atomic E-state index is 0.131. The Kier molecular flexibility index (Phi) is 3.41. The molecule has 3 heteroatoms. The molecule has 0 saturated carbocycles. The van der Waals surface area contributed by atoms with Crippen molar-refractivity contribution in [1.29, 1.82) is 0 Å². The predicted molar refractivity (Wildman–Crippen MR) is 53.8 cm³/mol. The van der Waals surface area contributed by atoms with Crippen molar-refractivity contribution in [1.82, 2.24) is 4.57 Å². The summed E-state index contributed by atoms with van der Waals surface area (Å²) < 4.78 is 1.76.